The van der Waals surface area contributed by atoms with Gasteiger partial charge in [-0.25, -0.2) is 4.79 Å². The third kappa shape index (κ3) is 2.26. The minimum Gasteiger partial charge on any atom is -0.504 e. The van der Waals surface area contributed by atoms with E-state index in [1.54, 1.807) is 0 Å². The molecule has 13 heavy (non-hydrogen) atoms. The van der Waals surface area contributed by atoms with E-state index in [2.05, 4.69) is 0 Å². The Hall–Kier alpha value is -1.40. The van der Waals surface area contributed by atoms with Crippen LogP contribution in [0.5, 0.6) is 17.2 Å². The van der Waals surface area contributed by atoms with Gasteiger partial charge in [0.25, 0.3) is 0 Å². The summed E-state index contributed by atoms with van der Waals surface area (Å²) in [5, 5.41) is 35.0. The summed E-state index contributed by atoms with van der Waals surface area (Å²) in [6, 6.07) is 1.69. The molecule has 0 aromatic heterocycles. The van der Waals surface area contributed by atoms with Crippen molar-refractivity contribution in [3.05, 3.63) is 17.7 Å². The second-order valence-corrected chi connectivity index (χ2v) is 2.17. The molecule has 0 aliphatic heterocycles. The van der Waals surface area contributed by atoms with Crippen molar-refractivity contribution in [3.63, 3.8) is 0 Å². The molecule has 0 bridgehead atoms. The number of phenolic OH excluding ortho intramolecular Hbond substituents is 3. The van der Waals surface area contributed by atoms with E-state index in [1.165, 1.54) is 0 Å². The zero-order chi connectivity index (χ0) is 9.30. The van der Waals surface area contributed by atoms with Crippen LogP contribution < -0.4 is 0 Å². The SMILES string of the molecule is O=C(O)c1cc(O)c(O)c(O)c1.[Co]. The fourth-order valence-electron chi connectivity index (χ4n) is 0.728. The molecule has 0 atom stereocenters. The maximum atomic E-state index is 10.3. The normalized spacial score (nSPS) is 8.92. The first-order valence-electron chi connectivity index (χ1n) is 3.00. The Morgan fingerprint density at radius 1 is 1.08 bits per heavy atom. The Morgan fingerprint density at radius 3 is 1.77 bits per heavy atom. The Labute approximate surface area is 83.5 Å². The topological polar surface area (TPSA) is 98.0 Å². The average Bonchev–Trinajstić information content (AvgIpc) is 1.99. The third-order valence-electron chi connectivity index (χ3n) is 1.32. The molecule has 1 radical (unpaired) electrons. The number of phenols is 3. The van der Waals surface area contributed by atoms with Crippen molar-refractivity contribution in [3.8, 4) is 17.2 Å². The number of hydrogen-bond donors (Lipinski definition) is 4. The van der Waals surface area contributed by atoms with E-state index in [9.17, 15) is 4.79 Å². The van der Waals surface area contributed by atoms with E-state index in [4.69, 9.17) is 20.4 Å². The third-order valence-corrected chi connectivity index (χ3v) is 1.32. The summed E-state index contributed by atoms with van der Waals surface area (Å²) in [5.41, 5.74) is -0.289. The van der Waals surface area contributed by atoms with Crippen molar-refractivity contribution in [1.29, 1.82) is 0 Å². The molecular formula is C7H6CoO5. The fourth-order valence-corrected chi connectivity index (χ4v) is 0.728. The first-order valence-corrected chi connectivity index (χ1v) is 3.00. The number of carbonyl (C=O) groups is 1. The molecule has 0 aliphatic carbocycles. The summed E-state index contributed by atoms with van der Waals surface area (Å²) in [4.78, 5) is 10.3. The first kappa shape index (κ1) is 11.6. The van der Waals surface area contributed by atoms with Crippen LogP contribution in [0.4, 0.5) is 0 Å². The second kappa shape index (κ2) is 4.01. The van der Waals surface area contributed by atoms with Gasteiger partial charge in [-0.2, -0.15) is 0 Å². The van der Waals surface area contributed by atoms with E-state index in [0.717, 1.165) is 12.1 Å². The molecule has 0 aliphatic rings. The number of aromatic carboxylic acids is 1. The van der Waals surface area contributed by atoms with Gasteiger partial charge in [0.15, 0.2) is 17.2 Å². The number of benzene rings is 1. The van der Waals surface area contributed by atoms with E-state index >= 15 is 0 Å². The van der Waals surface area contributed by atoms with Crippen LogP contribution in [0.3, 0.4) is 0 Å². The van der Waals surface area contributed by atoms with Crippen LogP contribution in [0.25, 0.3) is 0 Å². The van der Waals surface area contributed by atoms with Gasteiger partial charge in [0, 0.05) is 16.8 Å². The molecule has 0 spiro atoms. The standard InChI is InChI=1S/C7H6O5.Co/c8-4-1-3(7(11)12)2-5(9)6(4)10;/h1-2,8-10H,(H,11,12);. The van der Waals surface area contributed by atoms with Crippen LogP contribution in [0, 0.1) is 0 Å². The van der Waals surface area contributed by atoms with Crippen LogP contribution in [0.1, 0.15) is 10.4 Å². The molecule has 1 aromatic rings. The van der Waals surface area contributed by atoms with Crippen molar-refractivity contribution in [2.45, 2.75) is 0 Å². The van der Waals surface area contributed by atoms with Crippen LogP contribution in [0.2, 0.25) is 0 Å². The monoisotopic (exact) mass is 229 g/mol. The Morgan fingerprint density at radius 2 is 1.46 bits per heavy atom. The van der Waals surface area contributed by atoms with Crippen molar-refractivity contribution < 1.29 is 42.0 Å². The van der Waals surface area contributed by atoms with Gasteiger partial charge in [0.05, 0.1) is 5.56 Å². The predicted molar refractivity (Wildman–Crippen MR) is 38.4 cm³/mol. The Kier molecular flexibility index (Phi) is 3.58. The summed E-state index contributed by atoms with van der Waals surface area (Å²) in [6.45, 7) is 0. The van der Waals surface area contributed by atoms with Crippen LogP contribution in [-0.2, 0) is 16.8 Å². The van der Waals surface area contributed by atoms with Crippen molar-refractivity contribution in [2.24, 2.45) is 0 Å². The molecule has 0 saturated carbocycles. The summed E-state index contributed by atoms with van der Waals surface area (Å²) < 4.78 is 0. The summed E-state index contributed by atoms with van der Waals surface area (Å²) in [7, 11) is 0. The van der Waals surface area contributed by atoms with E-state index in [-0.39, 0.29) is 22.3 Å². The molecular weight excluding hydrogens is 223 g/mol. The maximum Gasteiger partial charge on any atom is 0.335 e. The maximum absolute atomic E-state index is 10.3. The molecule has 0 saturated heterocycles. The molecule has 0 unspecified atom stereocenters. The molecule has 0 amide bonds. The molecule has 1 aromatic carbocycles. The number of aromatic hydroxyl groups is 3. The summed E-state index contributed by atoms with van der Waals surface area (Å²) in [5.74, 6) is -3.33. The summed E-state index contributed by atoms with van der Waals surface area (Å²) >= 11 is 0. The number of carboxylic acids is 1. The molecule has 6 heteroatoms. The van der Waals surface area contributed by atoms with Gasteiger partial charge in [-0.15, -0.1) is 0 Å². The largest absolute Gasteiger partial charge is 0.504 e. The molecule has 4 N–H and O–H groups in total. The number of hydrogen-bond acceptors (Lipinski definition) is 4. The Bertz CT molecular complexity index is 313. The molecule has 1 rings (SSSR count). The first-order chi connectivity index (χ1) is 5.52. The molecule has 73 valence electrons. The molecule has 0 heterocycles. The smallest absolute Gasteiger partial charge is 0.335 e. The predicted octanol–water partition coefficient (Wildman–Crippen LogP) is 0.499. The molecule has 5 nitrogen and oxygen atoms in total. The van der Waals surface area contributed by atoms with Gasteiger partial charge in [-0.05, 0) is 12.1 Å². The number of carboxylic acid groups (broad SMARTS) is 1. The minimum atomic E-state index is -1.29. The van der Waals surface area contributed by atoms with Gasteiger partial charge in [-0.3, -0.25) is 0 Å². The molecule has 0 fully saturated rings. The zero-order valence-corrected chi connectivity index (χ0v) is 7.23. The van der Waals surface area contributed by atoms with Crippen LogP contribution >= 0.6 is 0 Å². The van der Waals surface area contributed by atoms with E-state index < -0.39 is 23.2 Å². The van der Waals surface area contributed by atoms with Gasteiger partial charge in [0.1, 0.15) is 0 Å². The quantitative estimate of drug-likeness (QED) is 0.525. The second-order valence-electron chi connectivity index (χ2n) is 2.17. The average molecular weight is 229 g/mol. The van der Waals surface area contributed by atoms with Crippen molar-refractivity contribution in [2.75, 3.05) is 0 Å². The van der Waals surface area contributed by atoms with Crippen LogP contribution in [0.15, 0.2) is 12.1 Å². The van der Waals surface area contributed by atoms with E-state index in [1.807, 2.05) is 0 Å². The Balaban J connectivity index is 0.00000144. The van der Waals surface area contributed by atoms with Gasteiger partial charge in [0.2, 0.25) is 0 Å². The zero-order valence-electron chi connectivity index (χ0n) is 6.19. The fraction of sp³-hybridized carbons (Fsp3) is 0. The minimum absolute atomic E-state index is 0. The van der Waals surface area contributed by atoms with Gasteiger partial charge < -0.3 is 20.4 Å². The van der Waals surface area contributed by atoms with Gasteiger partial charge in [-0.1, -0.05) is 0 Å². The van der Waals surface area contributed by atoms with Crippen molar-refractivity contribution in [1.82, 2.24) is 0 Å². The summed E-state index contributed by atoms with van der Waals surface area (Å²) in [6.07, 6.45) is 0. The van der Waals surface area contributed by atoms with Gasteiger partial charge >= 0.3 is 5.97 Å². The van der Waals surface area contributed by atoms with Crippen molar-refractivity contribution >= 4 is 5.97 Å². The van der Waals surface area contributed by atoms with Crippen LogP contribution in [-0.4, -0.2) is 26.4 Å². The number of rotatable bonds is 1. The van der Waals surface area contributed by atoms with E-state index in [0.29, 0.717) is 0 Å².